The summed E-state index contributed by atoms with van der Waals surface area (Å²) in [6, 6.07) is 1.84. The van der Waals surface area contributed by atoms with E-state index in [2.05, 4.69) is 31.6 Å². The average Bonchev–Trinajstić information content (AvgIpc) is 3.07. The number of hydrogen-bond donors (Lipinski definition) is 11. The first kappa shape index (κ1) is 45.2. The maximum Gasteiger partial charge on any atom is 0.326 e. The van der Waals surface area contributed by atoms with E-state index in [0.717, 1.165) is 5.56 Å². The number of carboxylic acids is 1. The van der Waals surface area contributed by atoms with Crippen molar-refractivity contribution in [1.82, 2.24) is 26.6 Å². The number of unbranched alkanes of at least 4 members (excludes halogenated alkanes) is 1. The highest BCUT2D eigenvalue weighted by atomic mass is 16.4. The molecule has 0 aromatic heterocycles. The Morgan fingerprint density at radius 2 is 1.31 bits per heavy atom. The summed E-state index contributed by atoms with van der Waals surface area (Å²) in [6.07, 6.45) is 0.429. The van der Waals surface area contributed by atoms with Crippen LogP contribution in [0.15, 0.2) is 35.3 Å². The Kier molecular flexibility index (Phi) is 20.5. The molecule has 1 rings (SSSR count). The molecule has 0 heterocycles. The Balaban J connectivity index is 3.02. The quantitative estimate of drug-likeness (QED) is 0.0303. The molecule has 0 saturated heterocycles. The van der Waals surface area contributed by atoms with Gasteiger partial charge in [-0.15, -0.1) is 0 Å². The number of guanidine groups is 1. The van der Waals surface area contributed by atoms with Crippen molar-refractivity contribution < 1.29 is 39.0 Å². The van der Waals surface area contributed by atoms with Crippen LogP contribution in [-0.4, -0.2) is 107 Å². The zero-order valence-corrected chi connectivity index (χ0v) is 30.5. The number of amides is 5. The molecule has 0 aliphatic carbocycles. The highest BCUT2D eigenvalue weighted by molar-refractivity contribution is 5.96. The van der Waals surface area contributed by atoms with Gasteiger partial charge in [0.2, 0.25) is 29.5 Å². The summed E-state index contributed by atoms with van der Waals surface area (Å²) >= 11 is 0. The number of nitrogens with one attached hydrogen (secondary N) is 5. The van der Waals surface area contributed by atoms with Crippen molar-refractivity contribution in [2.24, 2.45) is 33.8 Å². The highest BCUT2D eigenvalue weighted by Crippen LogP contribution is 2.09. The van der Waals surface area contributed by atoms with Gasteiger partial charge in [-0.2, -0.15) is 0 Å². The standard InChI is InChI=1S/C34H58N10O8/c1-19(2)17-26(31(49)40-20(3)28(46)42-25(33(51)52)14-10-16-39-34(37)38)43-32(50)27(21(4)45)44-30(48)24(13-8-9-15-35)41-29(47)23(36)18-22-11-6-5-7-12-22/h5-7,11-12,19-21,23-27,45H,8-10,13-18,35-36H2,1-4H3,(H,40,49)(H,41,47)(H,42,46)(H,43,50)(H,44,48)(H,51,52)(H4,37,38,39)/t20-,21+,23-,24-,25-,26-,27-/m0/s1. The zero-order chi connectivity index (χ0) is 39.4. The number of carbonyl (C=O) groups is 6. The monoisotopic (exact) mass is 734 g/mol. The number of rotatable bonds is 24. The van der Waals surface area contributed by atoms with Crippen LogP contribution in [0.5, 0.6) is 0 Å². The van der Waals surface area contributed by atoms with Crippen molar-refractivity contribution in [3.05, 3.63) is 35.9 Å². The Morgan fingerprint density at radius 3 is 1.87 bits per heavy atom. The van der Waals surface area contributed by atoms with E-state index in [1.54, 1.807) is 13.8 Å². The number of benzene rings is 1. The van der Waals surface area contributed by atoms with E-state index in [4.69, 9.17) is 22.9 Å². The molecule has 0 unspecified atom stereocenters. The lowest BCUT2D eigenvalue weighted by Crippen LogP contribution is -2.61. The topological polar surface area (TPSA) is 319 Å². The number of aliphatic carboxylic acids is 1. The molecular weight excluding hydrogens is 676 g/mol. The number of aliphatic hydroxyl groups is 1. The fourth-order valence-electron chi connectivity index (χ4n) is 5.06. The molecule has 18 nitrogen and oxygen atoms in total. The molecule has 0 bridgehead atoms. The minimum Gasteiger partial charge on any atom is -0.480 e. The summed E-state index contributed by atoms with van der Waals surface area (Å²) in [5, 5.41) is 32.6. The molecule has 1 aromatic rings. The molecule has 0 spiro atoms. The fraction of sp³-hybridized carbons (Fsp3) is 0.618. The molecule has 0 aliphatic heterocycles. The van der Waals surface area contributed by atoms with Crippen molar-refractivity contribution in [3.8, 4) is 0 Å². The number of carboxylic acid groups (broad SMARTS) is 1. The number of hydrogen-bond acceptors (Lipinski definition) is 10. The Labute approximate surface area is 304 Å². The Morgan fingerprint density at radius 1 is 0.731 bits per heavy atom. The van der Waals surface area contributed by atoms with Gasteiger partial charge in [0.25, 0.3) is 0 Å². The van der Waals surface area contributed by atoms with E-state index in [9.17, 15) is 39.0 Å². The minimum atomic E-state index is -1.53. The maximum absolute atomic E-state index is 13.5. The molecule has 7 atom stereocenters. The van der Waals surface area contributed by atoms with Crippen molar-refractivity contribution in [2.45, 2.75) is 115 Å². The second kappa shape index (κ2) is 23.6. The second-order valence-electron chi connectivity index (χ2n) is 13.1. The van der Waals surface area contributed by atoms with Gasteiger partial charge in [-0.05, 0) is 76.8 Å². The first-order chi connectivity index (χ1) is 24.5. The van der Waals surface area contributed by atoms with Crippen LogP contribution in [0.3, 0.4) is 0 Å². The van der Waals surface area contributed by atoms with Gasteiger partial charge in [0.15, 0.2) is 5.96 Å². The molecule has 18 heteroatoms. The molecule has 15 N–H and O–H groups in total. The van der Waals surface area contributed by atoms with E-state index in [1.165, 1.54) is 13.8 Å². The van der Waals surface area contributed by atoms with Gasteiger partial charge in [0, 0.05) is 6.54 Å². The predicted molar refractivity (Wildman–Crippen MR) is 195 cm³/mol. The number of carbonyl (C=O) groups excluding carboxylic acids is 5. The summed E-state index contributed by atoms with van der Waals surface area (Å²) in [4.78, 5) is 81.6. The van der Waals surface area contributed by atoms with E-state index in [-0.39, 0.29) is 50.5 Å². The number of nitrogens with zero attached hydrogens (tertiary/aromatic N) is 1. The zero-order valence-electron chi connectivity index (χ0n) is 30.5. The summed E-state index contributed by atoms with van der Waals surface area (Å²) in [5.41, 5.74) is 23.1. The van der Waals surface area contributed by atoms with Gasteiger partial charge in [0.05, 0.1) is 12.1 Å². The second-order valence-corrected chi connectivity index (χ2v) is 13.1. The lowest BCUT2D eigenvalue weighted by Gasteiger charge is -2.28. The molecule has 0 fully saturated rings. The van der Waals surface area contributed by atoms with Crippen LogP contribution < -0.4 is 49.5 Å². The van der Waals surface area contributed by atoms with Gasteiger partial charge in [0.1, 0.15) is 30.2 Å². The van der Waals surface area contributed by atoms with Crippen LogP contribution in [-0.2, 0) is 35.2 Å². The molecule has 5 amide bonds. The third kappa shape index (κ3) is 17.4. The van der Waals surface area contributed by atoms with Gasteiger partial charge in [-0.1, -0.05) is 44.2 Å². The van der Waals surface area contributed by atoms with E-state index in [1.807, 2.05) is 30.3 Å². The molecule has 292 valence electrons. The van der Waals surface area contributed by atoms with Crippen LogP contribution in [0.2, 0.25) is 0 Å². The first-order valence-corrected chi connectivity index (χ1v) is 17.4. The molecule has 0 radical (unpaired) electrons. The van der Waals surface area contributed by atoms with Crippen LogP contribution in [0.1, 0.15) is 71.8 Å². The Hall–Kier alpha value is -4.81. The lowest BCUT2D eigenvalue weighted by atomic mass is 10.0. The highest BCUT2D eigenvalue weighted by Gasteiger charge is 2.34. The number of nitrogens with two attached hydrogens (primary N) is 4. The van der Waals surface area contributed by atoms with Crippen molar-refractivity contribution in [1.29, 1.82) is 0 Å². The number of aliphatic imine (C=N–C) groups is 1. The summed E-state index contributed by atoms with van der Waals surface area (Å²) < 4.78 is 0. The molecule has 1 aromatic carbocycles. The van der Waals surface area contributed by atoms with E-state index < -0.39 is 77.9 Å². The fourth-order valence-corrected chi connectivity index (χ4v) is 5.06. The first-order valence-electron chi connectivity index (χ1n) is 17.4. The summed E-state index contributed by atoms with van der Waals surface area (Å²) in [7, 11) is 0. The van der Waals surface area contributed by atoms with Gasteiger partial charge < -0.3 is 59.7 Å². The minimum absolute atomic E-state index is 0.0229. The van der Waals surface area contributed by atoms with Gasteiger partial charge in [-0.3, -0.25) is 29.0 Å². The van der Waals surface area contributed by atoms with Crippen molar-refractivity contribution in [3.63, 3.8) is 0 Å². The maximum atomic E-state index is 13.5. The smallest absolute Gasteiger partial charge is 0.326 e. The Bertz CT molecular complexity index is 1340. The molecule has 0 aliphatic rings. The van der Waals surface area contributed by atoms with Crippen molar-refractivity contribution >= 4 is 41.5 Å². The van der Waals surface area contributed by atoms with Crippen LogP contribution in [0.25, 0.3) is 0 Å². The van der Waals surface area contributed by atoms with Crippen molar-refractivity contribution in [2.75, 3.05) is 13.1 Å². The molecular formula is C34H58N10O8. The summed E-state index contributed by atoms with van der Waals surface area (Å²) in [6.45, 7) is 6.74. The van der Waals surface area contributed by atoms with Gasteiger partial charge >= 0.3 is 5.97 Å². The molecule has 0 saturated carbocycles. The number of aliphatic hydroxyl groups excluding tert-OH is 1. The van der Waals surface area contributed by atoms with Gasteiger partial charge in [-0.25, -0.2) is 4.79 Å². The predicted octanol–water partition coefficient (Wildman–Crippen LogP) is -2.31. The van der Waals surface area contributed by atoms with Crippen LogP contribution in [0.4, 0.5) is 0 Å². The molecule has 52 heavy (non-hydrogen) atoms. The third-order valence-electron chi connectivity index (χ3n) is 7.93. The SMILES string of the molecule is CC(C)C[C@H](NC(=O)[C@@H](NC(=O)[C@H](CCCCN)NC(=O)[C@@H](N)Cc1ccccc1)[C@@H](C)O)C(=O)N[C@@H](C)C(=O)N[C@@H](CCCN=C(N)N)C(=O)O. The largest absolute Gasteiger partial charge is 0.480 e. The lowest BCUT2D eigenvalue weighted by molar-refractivity contribution is -0.142. The van der Waals surface area contributed by atoms with Crippen LogP contribution >= 0.6 is 0 Å². The van der Waals surface area contributed by atoms with Crippen LogP contribution in [0, 0.1) is 5.92 Å². The normalized spacial score (nSPS) is 15.1. The average molecular weight is 735 g/mol. The van der Waals surface area contributed by atoms with E-state index in [0.29, 0.717) is 19.4 Å². The van der Waals surface area contributed by atoms with E-state index >= 15 is 0 Å². The summed E-state index contributed by atoms with van der Waals surface area (Å²) in [5.74, 6) is -5.31. The third-order valence-corrected chi connectivity index (χ3v) is 7.93.